The normalized spacial score (nSPS) is 15.0. The standard InChI is InChI=1S/C23H23N5O3S/c1-13-19(31-23(29)30-2)17(18-20(24)27-22(25)28-21(18)26-13)15-10-6-7-11-16(15)32-12-14-8-4-3-5-9-14/h3-11,17H,12H2,1-2H3,(H5,24,25,26,27,28). The van der Waals surface area contributed by atoms with Crippen molar-refractivity contribution in [2.24, 2.45) is 0 Å². The van der Waals surface area contributed by atoms with E-state index in [1.54, 1.807) is 18.7 Å². The van der Waals surface area contributed by atoms with Crippen molar-refractivity contribution in [3.8, 4) is 0 Å². The number of hydrogen-bond donors (Lipinski definition) is 3. The number of anilines is 3. The van der Waals surface area contributed by atoms with Gasteiger partial charge in [0, 0.05) is 10.6 Å². The van der Waals surface area contributed by atoms with Crippen LogP contribution in [0.2, 0.25) is 0 Å². The zero-order valence-electron chi connectivity index (χ0n) is 17.7. The minimum atomic E-state index is -0.820. The number of rotatable bonds is 5. The molecule has 0 amide bonds. The number of fused-ring (bicyclic) bond motifs is 1. The highest BCUT2D eigenvalue weighted by atomic mass is 32.2. The van der Waals surface area contributed by atoms with Crippen LogP contribution in [0.15, 0.2) is 70.9 Å². The molecule has 0 bridgehead atoms. The van der Waals surface area contributed by atoms with Gasteiger partial charge < -0.3 is 26.3 Å². The van der Waals surface area contributed by atoms with Crippen LogP contribution in [0.3, 0.4) is 0 Å². The van der Waals surface area contributed by atoms with E-state index in [1.165, 1.54) is 12.7 Å². The number of benzene rings is 2. The van der Waals surface area contributed by atoms with Crippen molar-refractivity contribution >= 4 is 35.5 Å². The average Bonchev–Trinajstić information content (AvgIpc) is 2.79. The van der Waals surface area contributed by atoms with E-state index in [4.69, 9.17) is 20.9 Å². The summed E-state index contributed by atoms with van der Waals surface area (Å²) < 4.78 is 10.3. The molecule has 1 atom stereocenters. The van der Waals surface area contributed by atoms with Crippen LogP contribution < -0.4 is 16.8 Å². The Morgan fingerprint density at radius 1 is 1.09 bits per heavy atom. The summed E-state index contributed by atoms with van der Waals surface area (Å²) in [6.45, 7) is 1.79. The number of methoxy groups -OCH3 is 1. The number of nitrogens with one attached hydrogen (secondary N) is 1. The Kier molecular flexibility index (Phi) is 6.18. The fourth-order valence-electron chi connectivity index (χ4n) is 3.62. The number of nitrogen functional groups attached to an aromatic ring is 2. The predicted octanol–water partition coefficient (Wildman–Crippen LogP) is 4.51. The van der Waals surface area contributed by atoms with Gasteiger partial charge in [0.25, 0.3) is 0 Å². The van der Waals surface area contributed by atoms with E-state index < -0.39 is 12.1 Å². The second kappa shape index (κ2) is 9.19. The van der Waals surface area contributed by atoms with E-state index >= 15 is 0 Å². The second-order valence-electron chi connectivity index (χ2n) is 7.14. The molecule has 2 aromatic carbocycles. The topological polar surface area (TPSA) is 125 Å². The SMILES string of the molecule is COC(=O)OC1=C(C)Nc2nc(N)nc(N)c2C1c1ccccc1SCc1ccccc1. The number of nitrogens with zero attached hydrogens (tertiary/aromatic N) is 2. The molecule has 32 heavy (non-hydrogen) atoms. The molecule has 0 saturated carbocycles. The van der Waals surface area contributed by atoms with Gasteiger partial charge in [0.15, 0.2) is 0 Å². The highest BCUT2D eigenvalue weighted by Gasteiger charge is 2.36. The van der Waals surface area contributed by atoms with Gasteiger partial charge in [-0.25, -0.2) is 4.79 Å². The van der Waals surface area contributed by atoms with Crippen molar-refractivity contribution in [1.82, 2.24) is 9.97 Å². The van der Waals surface area contributed by atoms with E-state index in [0.717, 1.165) is 16.2 Å². The zero-order chi connectivity index (χ0) is 22.7. The van der Waals surface area contributed by atoms with Gasteiger partial charge >= 0.3 is 6.16 Å². The highest BCUT2D eigenvalue weighted by molar-refractivity contribution is 7.98. The molecule has 164 valence electrons. The van der Waals surface area contributed by atoms with E-state index in [-0.39, 0.29) is 11.8 Å². The Bertz CT molecular complexity index is 1180. The van der Waals surface area contributed by atoms with E-state index in [0.29, 0.717) is 22.8 Å². The van der Waals surface area contributed by atoms with Crippen molar-refractivity contribution in [3.05, 3.63) is 82.7 Å². The third kappa shape index (κ3) is 4.33. The lowest BCUT2D eigenvalue weighted by molar-refractivity contribution is 0.0928. The summed E-state index contributed by atoms with van der Waals surface area (Å²) in [6, 6.07) is 18.1. The number of hydrogen-bond acceptors (Lipinski definition) is 9. The molecule has 0 aliphatic carbocycles. The summed E-state index contributed by atoms with van der Waals surface area (Å²) in [5, 5.41) is 3.13. The summed E-state index contributed by atoms with van der Waals surface area (Å²) in [4.78, 5) is 21.5. The molecule has 0 saturated heterocycles. The lowest BCUT2D eigenvalue weighted by Crippen LogP contribution is -2.25. The first-order valence-corrected chi connectivity index (χ1v) is 10.9. The number of thioether (sulfide) groups is 1. The van der Waals surface area contributed by atoms with Crippen LogP contribution in [0, 0.1) is 0 Å². The molecule has 1 aliphatic heterocycles. The van der Waals surface area contributed by atoms with Gasteiger partial charge in [0.05, 0.1) is 24.3 Å². The Morgan fingerprint density at radius 2 is 1.81 bits per heavy atom. The van der Waals surface area contributed by atoms with E-state index in [9.17, 15) is 4.79 Å². The second-order valence-corrected chi connectivity index (χ2v) is 8.16. The van der Waals surface area contributed by atoms with Gasteiger partial charge in [-0.1, -0.05) is 48.5 Å². The molecule has 0 spiro atoms. The zero-order valence-corrected chi connectivity index (χ0v) is 18.5. The van der Waals surface area contributed by atoms with Gasteiger partial charge in [-0.05, 0) is 24.1 Å². The third-order valence-electron chi connectivity index (χ3n) is 5.05. The molecule has 1 unspecified atom stereocenters. The number of carbonyl (C=O) groups is 1. The van der Waals surface area contributed by atoms with Crippen molar-refractivity contribution in [2.75, 3.05) is 23.9 Å². The molecule has 2 heterocycles. The molecule has 3 aromatic rings. The quantitative estimate of drug-likeness (QED) is 0.381. The molecular formula is C23H23N5O3S. The summed E-state index contributed by atoms with van der Waals surface area (Å²) in [6.07, 6.45) is -0.820. The van der Waals surface area contributed by atoms with Crippen molar-refractivity contribution in [2.45, 2.75) is 23.5 Å². The minimum absolute atomic E-state index is 0.0596. The molecule has 8 nitrogen and oxygen atoms in total. The van der Waals surface area contributed by atoms with Crippen LogP contribution in [0.4, 0.5) is 22.4 Å². The molecule has 0 radical (unpaired) electrons. The molecule has 0 fully saturated rings. The average molecular weight is 450 g/mol. The van der Waals surface area contributed by atoms with Crippen LogP contribution >= 0.6 is 11.8 Å². The number of nitrogens with two attached hydrogens (primary N) is 2. The smallest absolute Gasteiger partial charge is 0.437 e. The molecule has 9 heteroatoms. The maximum atomic E-state index is 12.1. The third-order valence-corrected chi connectivity index (χ3v) is 6.21. The monoisotopic (exact) mass is 449 g/mol. The van der Waals surface area contributed by atoms with Gasteiger partial charge in [-0.3, -0.25) is 0 Å². The first-order chi connectivity index (χ1) is 15.5. The Hall–Kier alpha value is -3.72. The maximum Gasteiger partial charge on any atom is 0.513 e. The number of carbonyl (C=O) groups excluding carboxylic acids is 1. The lowest BCUT2D eigenvalue weighted by Gasteiger charge is -2.30. The van der Waals surface area contributed by atoms with Crippen LogP contribution in [-0.2, 0) is 15.2 Å². The van der Waals surface area contributed by atoms with Gasteiger partial charge in [-0.2, -0.15) is 9.97 Å². The molecule has 1 aromatic heterocycles. The van der Waals surface area contributed by atoms with Gasteiger partial charge in [0.1, 0.15) is 17.4 Å². The van der Waals surface area contributed by atoms with Crippen LogP contribution in [0.1, 0.15) is 29.5 Å². The number of allylic oxidation sites excluding steroid dienone is 2. The summed E-state index contributed by atoms with van der Waals surface area (Å²) in [5.74, 6) is 1.38. The van der Waals surface area contributed by atoms with Gasteiger partial charge in [-0.15, -0.1) is 11.8 Å². The maximum absolute atomic E-state index is 12.1. The summed E-state index contributed by atoms with van der Waals surface area (Å²) in [5.41, 5.74) is 15.4. The predicted molar refractivity (Wildman–Crippen MR) is 125 cm³/mol. The Labute approximate surface area is 190 Å². The largest absolute Gasteiger partial charge is 0.513 e. The number of ether oxygens (including phenoxy) is 2. The number of aromatic nitrogens is 2. The summed E-state index contributed by atoms with van der Waals surface area (Å²) >= 11 is 1.68. The molecular weight excluding hydrogens is 426 g/mol. The summed E-state index contributed by atoms with van der Waals surface area (Å²) in [7, 11) is 1.26. The molecule has 4 rings (SSSR count). The fraction of sp³-hybridized carbons (Fsp3) is 0.174. The van der Waals surface area contributed by atoms with Crippen molar-refractivity contribution in [1.29, 1.82) is 0 Å². The van der Waals surface area contributed by atoms with Crippen LogP contribution in [-0.4, -0.2) is 23.2 Å². The van der Waals surface area contributed by atoms with Crippen molar-refractivity contribution in [3.63, 3.8) is 0 Å². The Morgan fingerprint density at radius 3 is 2.56 bits per heavy atom. The first-order valence-electron chi connectivity index (χ1n) is 9.90. The minimum Gasteiger partial charge on any atom is -0.437 e. The van der Waals surface area contributed by atoms with E-state index in [1.807, 2.05) is 42.5 Å². The van der Waals surface area contributed by atoms with Crippen LogP contribution in [0.25, 0.3) is 0 Å². The van der Waals surface area contributed by atoms with Crippen LogP contribution in [0.5, 0.6) is 0 Å². The van der Waals surface area contributed by atoms with Gasteiger partial charge in [0.2, 0.25) is 5.95 Å². The van der Waals surface area contributed by atoms with E-state index in [2.05, 4.69) is 27.4 Å². The highest BCUT2D eigenvalue weighted by Crippen LogP contribution is 2.46. The lowest BCUT2D eigenvalue weighted by atomic mass is 9.87. The molecule has 5 N–H and O–H groups in total. The fourth-order valence-corrected chi connectivity index (χ4v) is 4.66. The first kappa shape index (κ1) is 21.5. The van der Waals surface area contributed by atoms with Crippen molar-refractivity contribution < 1.29 is 14.3 Å². The molecule has 1 aliphatic rings. The Balaban J connectivity index is 1.82.